The average Bonchev–Trinajstić information content (AvgIpc) is 2.84. The molecule has 1 N–H and O–H groups in total. The minimum absolute atomic E-state index is 0.184. The highest BCUT2D eigenvalue weighted by Crippen LogP contribution is 2.17. The van der Waals surface area contributed by atoms with Crippen molar-refractivity contribution in [2.45, 2.75) is 38.3 Å². The van der Waals surface area contributed by atoms with Crippen LogP contribution in [0, 0.1) is 5.82 Å². The third-order valence-electron chi connectivity index (χ3n) is 3.25. The van der Waals surface area contributed by atoms with Crippen LogP contribution in [0.25, 0.3) is 0 Å². The number of rotatable bonds is 6. The number of ether oxygens (including phenoxy) is 1. The summed E-state index contributed by atoms with van der Waals surface area (Å²) in [5, 5.41) is 3.46. The highest BCUT2D eigenvalue weighted by atomic mass is 19.1. The Kier molecular flexibility index (Phi) is 4.95. The van der Waals surface area contributed by atoms with Crippen LogP contribution in [0.2, 0.25) is 0 Å². The second-order valence-electron chi connectivity index (χ2n) is 4.58. The van der Waals surface area contributed by atoms with Crippen molar-refractivity contribution in [3.05, 3.63) is 35.6 Å². The molecule has 0 heterocycles. The van der Waals surface area contributed by atoms with E-state index in [1.54, 1.807) is 12.1 Å². The lowest BCUT2D eigenvalue weighted by atomic mass is 10.2. The van der Waals surface area contributed by atoms with Gasteiger partial charge in [0.1, 0.15) is 5.82 Å². The zero-order chi connectivity index (χ0) is 11.9. The first-order valence-electron chi connectivity index (χ1n) is 6.41. The molecule has 17 heavy (non-hydrogen) atoms. The van der Waals surface area contributed by atoms with Crippen LogP contribution in [-0.2, 0) is 11.3 Å². The summed E-state index contributed by atoms with van der Waals surface area (Å²) in [4.78, 5) is 0. The van der Waals surface area contributed by atoms with Crippen LogP contribution in [-0.4, -0.2) is 19.2 Å². The summed E-state index contributed by atoms with van der Waals surface area (Å²) in [6, 6.07) is 7.43. The topological polar surface area (TPSA) is 21.3 Å². The van der Waals surface area contributed by atoms with E-state index in [1.165, 1.54) is 31.7 Å². The molecule has 1 aliphatic rings. The largest absolute Gasteiger partial charge is 0.375 e. The van der Waals surface area contributed by atoms with Gasteiger partial charge in [-0.1, -0.05) is 31.0 Å². The molecule has 1 aliphatic carbocycles. The van der Waals surface area contributed by atoms with Gasteiger partial charge in [0.15, 0.2) is 0 Å². The van der Waals surface area contributed by atoms with E-state index in [4.69, 9.17) is 4.74 Å². The van der Waals surface area contributed by atoms with Crippen LogP contribution in [0.5, 0.6) is 0 Å². The van der Waals surface area contributed by atoms with Crippen LogP contribution in [0.15, 0.2) is 24.3 Å². The molecule has 1 aromatic rings. The Morgan fingerprint density at radius 1 is 1.24 bits per heavy atom. The molecular formula is C14H20FNO. The van der Waals surface area contributed by atoms with E-state index in [0.717, 1.165) is 6.54 Å². The monoisotopic (exact) mass is 237 g/mol. The molecule has 0 spiro atoms. The molecule has 0 atom stereocenters. The fourth-order valence-electron chi connectivity index (χ4n) is 2.26. The fraction of sp³-hybridized carbons (Fsp3) is 0.571. The van der Waals surface area contributed by atoms with Crippen molar-refractivity contribution in [3.8, 4) is 0 Å². The first-order chi connectivity index (χ1) is 8.36. The first kappa shape index (κ1) is 12.5. The van der Waals surface area contributed by atoms with Gasteiger partial charge in [0.2, 0.25) is 0 Å². The van der Waals surface area contributed by atoms with Crippen LogP contribution >= 0.6 is 0 Å². The third kappa shape index (κ3) is 4.10. The highest BCUT2D eigenvalue weighted by molar-refractivity contribution is 5.16. The molecule has 1 saturated carbocycles. The van der Waals surface area contributed by atoms with E-state index in [2.05, 4.69) is 5.32 Å². The van der Waals surface area contributed by atoms with Crippen LogP contribution in [0.1, 0.15) is 31.2 Å². The Morgan fingerprint density at radius 2 is 2.00 bits per heavy atom. The van der Waals surface area contributed by atoms with Crippen molar-refractivity contribution in [1.29, 1.82) is 0 Å². The van der Waals surface area contributed by atoms with Gasteiger partial charge < -0.3 is 10.1 Å². The van der Waals surface area contributed by atoms with Gasteiger partial charge in [-0.2, -0.15) is 0 Å². The Morgan fingerprint density at radius 3 is 2.76 bits per heavy atom. The number of hydrogen-bond donors (Lipinski definition) is 1. The maximum Gasteiger partial charge on any atom is 0.128 e. The smallest absolute Gasteiger partial charge is 0.128 e. The Labute approximate surface area is 102 Å². The quantitative estimate of drug-likeness (QED) is 0.768. The summed E-state index contributed by atoms with van der Waals surface area (Å²) in [7, 11) is 0. The predicted molar refractivity (Wildman–Crippen MR) is 66.3 cm³/mol. The van der Waals surface area contributed by atoms with E-state index in [-0.39, 0.29) is 5.82 Å². The lowest BCUT2D eigenvalue weighted by Crippen LogP contribution is -2.29. The van der Waals surface area contributed by atoms with E-state index in [9.17, 15) is 4.39 Å². The molecule has 0 bridgehead atoms. The summed E-state index contributed by atoms with van der Waals surface area (Å²) in [6.07, 6.45) is 5.25. The predicted octanol–water partition coefficient (Wildman–Crippen LogP) is 2.87. The van der Waals surface area contributed by atoms with Crippen molar-refractivity contribution in [2.75, 3.05) is 13.2 Å². The number of nitrogens with one attached hydrogen (secondary N) is 1. The van der Waals surface area contributed by atoms with E-state index in [1.807, 2.05) is 6.07 Å². The third-order valence-corrected chi connectivity index (χ3v) is 3.25. The molecule has 1 fully saturated rings. The lowest BCUT2D eigenvalue weighted by Gasteiger charge is -2.11. The molecule has 2 rings (SSSR count). The van der Waals surface area contributed by atoms with E-state index in [0.29, 0.717) is 24.8 Å². The Hall–Kier alpha value is -0.930. The average molecular weight is 237 g/mol. The fourth-order valence-corrected chi connectivity index (χ4v) is 2.26. The molecule has 0 radical (unpaired) electrons. The van der Waals surface area contributed by atoms with Gasteiger partial charge in [0, 0.05) is 18.2 Å². The normalized spacial score (nSPS) is 16.5. The van der Waals surface area contributed by atoms with E-state index >= 15 is 0 Å². The van der Waals surface area contributed by atoms with Crippen molar-refractivity contribution < 1.29 is 9.13 Å². The second kappa shape index (κ2) is 6.72. The lowest BCUT2D eigenvalue weighted by molar-refractivity contribution is 0.118. The summed E-state index contributed by atoms with van der Waals surface area (Å²) < 4.78 is 18.7. The molecular weight excluding hydrogens is 217 g/mol. The molecule has 94 valence electrons. The molecule has 0 unspecified atom stereocenters. The number of hydrogen-bond acceptors (Lipinski definition) is 2. The van der Waals surface area contributed by atoms with Crippen molar-refractivity contribution in [1.82, 2.24) is 5.32 Å². The summed E-state index contributed by atoms with van der Waals surface area (Å²) >= 11 is 0. The van der Waals surface area contributed by atoms with Gasteiger partial charge in [0.05, 0.1) is 13.2 Å². The molecule has 2 nitrogen and oxygen atoms in total. The molecule has 0 amide bonds. The second-order valence-corrected chi connectivity index (χ2v) is 4.58. The van der Waals surface area contributed by atoms with Crippen LogP contribution in [0.4, 0.5) is 4.39 Å². The van der Waals surface area contributed by atoms with Gasteiger partial charge in [-0.25, -0.2) is 4.39 Å². The molecule has 0 saturated heterocycles. The highest BCUT2D eigenvalue weighted by Gasteiger charge is 2.13. The summed E-state index contributed by atoms with van der Waals surface area (Å²) in [5.74, 6) is -0.184. The van der Waals surface area contributed by atoms with Gasteiger partial charge >= 0.3 is 0 Å². The SMILES string of the molecule is Fc1ccccc1COCCNC1CCCC1. The Bertz CT molecular complexity index is 337. The van der Waals surface area contributed by atoms with E-state index < -0.39 is 0 Å². The zero-order valence-electron chi connectivity index (χ0n) is 10.1. The Balaban J connectivity index is 1.58. The summed E-state index contributed by atoms with van der Waals surface area (Å²) in [6.45, 7) is 1.86. The maximum atomic E-state index is 13.2. The number of halogens is 1. The van der Waals surface area contributed by atoms with Gasteiger partial charge in [-0.05, 0) is 18.9 Å². The molecule has 3 heteroatoms. The minimum atomic E-state index is -0.184. The van der Waals surface area contributed by atoms with Crippen LogP contribution in [0.3, 0.4) is 0 Å². The molecule has 0 aromatic heterocycles. The van der Waals surface area contributed by atoms with Crippen LogP contribution < -0.4 is 5.32 Å². The first-order valence-corrected chi connectivity index (χ1v) is 6.41. The van der Waals surface area contributed by atoms with Gasteiger partial charge in [0.25, 0.3) is 0 Å². The van der Waals surface area contributed by atoms with Crippen molar-refractivity contribution in [3.63, 3.8) is 0 Å². The van der Waals surface area contributed by atoms with Gasteiger partial charge in [-0.3, -0.25) is 0 Å². The van der Waals surface area contributed by atoms with Gasteiger partial charge in [-0.15, -0.1) is 0 Å². The minimum Gasteiger partial charge on any atom is -0.375 e. The molecule has 1 aromatic carbocycles. The number of benzene rings is 1. The summed E-state index contributed by atoms with van der Waals surface area (Å²) in [5.41, 5.74) is 0.633. The molecule has 0 aliphatic heterocycles. The zero-order valence-corrected chi connectivity index (χ0v) is 10.1. The van der Waals surface area contributed by atoms with Crippen molar-refractivity contribution >= 4 is 0 Å². The standard InChI is InChI=1S/C14H20FNO/c15-14-8-4-1-5-12(14)11-17-10-9-16-13-6-2-3-7-13/h1,4-5,8,13,16H,2-3,6-7,9-11H2. The maximum absolute atomic E-state index is 13.2. The van der Waals surface area contributed by atoms with Crippen molar-refractivity contribution in [2.24, 2.45) is 0 Å².